The van der Waals surface area contributed by atoms with Crippen molar-refractivity contribution in [1.29, 1.82) is 0 Å². The number of allylic oxidation sites excluding steroid dienone is 8. The second kappa shape index (κ2) is 9.70. The van der Waals surface area contributed by atoms with Gasteiger partial charge in [-0.05, 0) is 44.6 Å². The molecule has 0 aromatic heterocycles. The van der Waals surface area contributed by atoms with Crippen LogP contribution in [-0.4, -0.2) is 70.8 Å². The minimum absolute atomic E-state index is 0.0442. The number of benzene rings is 1. The predicted octanol–water partition coefficient (Wildman–Crippen LogP) is 1.66. The maximum Gasteiger partial charge on any atom is 0.250 e. The molecular formula is C31H30N2O9. The van der Waals surface area contributed by atoms with Crippen molar-refractivity contribution in [3.63, 3.8) is 0 Å². The highest BCUT2D eigenvalue weighted by atomic mass is 16.7. The number of primary amides is 1. The second-order valence-electron chi connectivity index (χ2n) is 10.9. The Morgan fingerprint density at radius 3 is 2.52 bits per heavy atom. The number of ether oxygens (including phenoxy) is 3. The molecule has 5 unspecified atom stereocenters. The van der Waals surface area contributed by atoms with Gasteiger partial charge in [-0.15, -0.1) is 0 Å². The standard InChI is InChI=1S/C31H30N2O9/c1-5-8-19-22-16(11-13(2)33(19)18-10-7-6-9-15(18)29(32)38)21-17(24(22)35)12-20(34)23-27(25(21)36)42-30-31(23,39)28(37)26(40-4)14(3)41-30/h6-7,9-12,14,26,28,30,37,39H,5,8H2,1-4H3,(H2,32,38). The smallest absolute Gasteiger partial charge is 0.250 e. The monoisotopic (exact) mass is 574 g/mol. The van der Waals surface area contributed by atoms with Crippen LogP contribution in [0.3, 0.4) is 0 Å². The third kappa shape index (κ3) is 3.61. The fourth-order valence-corrected chi connectivity index (χ4v) is 6.61. The third-order valence-corrected chi connectivity index (χ3v) is 8.44. The molecule has 218 valence electrons. The lowest BCUT2D eigenvalue weighted by Crippen LogP contribution is -2.65. The van der Waals surface area contributed by atoms with Crippen molar-refractivity contribution in [2.45, 2.75) is 63.8 Å². The van der Waals surface area contributed by atoms with E-state index in [9.17, 15) is 29.4 Å². The van der Waals surface area contributed by atoms with Crippen LogP contribution in [0.1, 0.15) is 44.0 Å². The maximum atomic E-state index is 14.2. The second-order valence-corrected chi connectivity index (χ2v) is 10.9. The van der Waals surface area contributed by atoms with Crippen LogP contribution >= 0.6 is 0 Å². The summed E-state index contributed by atoms with van der Waals surface area (Å²) in [7, 11) is 1.32. The molecule has 5 atom stereocenters. The Balaban J connectivity index is 1.55. The van der Waals surface area contributed by atoms with Crippen molar-refractivity contribution in [1.82, 2.24) is 0 Å². The van der Waals surface area contributed by atoms with Crippen LogP contribution in [0.25, 0.3) is 0 Å². The highest BCUT2D eigenvalue weighted by Crippen LogP contribution is 2.51. The molecule has 4 N–H and O–H groups in total. The number of fused-ring (bicyclic) bond motifs is 4. The number of Topliss-reactive ketones (excluding diaryl/α,β-unsaturated/α-hetero) is 2. The van der Waals surface area contributed by atoms with E-state index in [1.165, 1.54) is 7.11 Å². The van der Waals surface area contributed by atoms with Gasteiger partial charge in [-0.3, -0.25) is 19.2 Å². The number of hydrogen-bond donors (Lipinski definition) is 3. The van der Waals surface area contributed by atoms with Gasteiger partial charge >= 0.3 is 0 Å². The van der Waals surface area contributed by atoms with Gasteiger partial charge in [-0.25, -0.2) is 0 Å². The summed E-state index contributed by atoms with van der Waals surface area (Å²) in [6, 6.07) is 6.76. The number of aliphatic hydroxyl groups is 2. The van der Waals surface area contributed by atoms with Crippen LogP contribution in [0.4, 0.5) is 5.69 Å². The molecule has 1 fully saturated rings. The van der Waals surface area contributed by atoms with Crippen molar-refractivity contribution in [3.8, 4) is 0 Å². The molecule has 1 aromatic rings. The van der Waals surface area contributed by atoms with Crippen molar-refractivity contribution < 1.29 is 43.6 Å². The molecule has 42 heavy (non-hydrogen) atoms. The van der Waals surface area contributed by atoms with Crippen molar-refractivity contribution in [3.05, 3.63) is 87.0 Å². The fourth-order valence-electron chi connectivity index (χ4n) is 6.61. The molecule has 11 heteroatoms. The lowest BCUT2D eigenvalue weighted by molar-refractivity contribution is -0.303. The number of nitrogens with two attached hydrogens (primary N) is 1. The Hall–Kier alpha value is -4.16. The number of anilines is 1. The highest BCUT2D eigenvalue weighted by molar-refractivity contribution is 6.34. The van der Waals surface area contributed by atoms with Crippen LogP contribution < -0.4 is 10.6 Å². The number of nitrogens with zero attached hydrogens (tertiary/aromatic N) is 1. The Morgan fingerprint density at radius 2 is 1.86 bits per heavy atom. The molecular weight excluding hydrogens is 544 g/mol. The Labute approximate surface area is 241 Å². The topological polar surface area (TPSA) is 166 Å². The highest BCUT2D eigenvalue weighted by Gasteiger charge is 2.65. The van der Waals surface area contributed by atoms with E-state index in [0.29, 0.717) is 35.5 Å². The SMILES string of the molecule is CCCC1=C2C(=O)C3=CC(=O)C4=C(OC5OC(C)C(OC)C(O)C45O)C(=O)C3=C2C=C(C)N1c1ccccc1C(N)=O. The van der Waals surface area contributed by atoms with E-state index in [4.69, 9.17) is 19.9 Å². The average Bonchev–Trinajstić information content (AvgIpc) is 3.35. The number of para-hydroxylation sites is 1. The van der Waals surface area contributed by atoms with Crippen LogP contribution in [0.5, 0.6) is 0 Å². The minimum Gasteiger partial charge on any atom is -0.457 e. The molecule has 0 radical (unpaired) electrons. The molecule has 5 aliphatic rings. The third-order valence-electron chi connectivity index (χ3n) is 8.44. The van der Waals surface area contributed by atoms with E-state index in [-0.39, 0.29) is 22.3 Å². The zero-order valence-electron chi connectivity index (χ0n) is 23.5. The summed E-state index contributed by atoms with van der Waals surface area (Å²) in [5.74, 6) is -3.32. The van der Waals surface area contributed by atoms with Crippen LogP contribution in [-0.2, 0) is 28.6 Å². The van der Waals surface area contributed by atoms with Gasteiger partial charge in [0, 0.05) is 35.2 Å². The van der Waals surface area contributed by atoms with Gasteiger partial charge in [0.15, 0.2) is 22.9 Å². The van der Waals surface area contributed by atoms with E-state index >= 15 is 0 Å². The van der Waals surface area contributed by atoms with Gasteiger partial charge in [0.1, 0.15) is 12.2 Å². The predicted molar refractivity (Wildman–Crippen MR) is 147 cm³/mol. The molecule has 11 nitrogen and oxygen atoms in total. The maximum absolute atomic E-state index is 14.2. The zero-order valence-corrected chi connectivity index (χ0v) is 23.5. The molecule has 2 aliphatic carbocycles. The lowest BCUT2D eigenvalue weighted by atomic mass is 9.79. The van der Waals surface area contributed by atoms with Gasteiger partial charge in [0.2, 0.25) is 12.1 Å². The number of amides is 1. The summed E-state index contributed by atoms with van der Waals surface area (Å²) >= 11 is 0. The van der Waals surface area contributed by atoms with Crippen LogP contribution in [0.2, 0.25) is 0 Å². The average molecular weight is 575 g/mol. The first-order valence-electron chi connectivity index (χ1n) is 13.7. The first-order valence-corrected chi connectivity index (χ1v) is 13.7. The van der Waals surface area contributed by atoms with E-state index in [0.717, 1.165) is 6.08 Å². The first kappa shape index (κ1) is 28.0. The number of hydrogen-bond acceptors (Lipinski definition) is 10. The normalized spacial score (nSPS) is 30.4. The number of carbonyl (C=O) groups is 4. The zero-order chi connectivity index (χ0) is 30.2. The summed E-state index contributed by atoms with van der Waals surface area (Å²) < 4.78 is 16.8. The van der Waals surface area contributed by atoms with Crippen molar-refractivity contribution in [2.75, 3.05) is 12.0 Å². The molecule has 1 aromatic carbocycles. The molecule has 0 bridgehead atoms. The molecule has 0 saturated carbocycles. The Bertz CT molecular complexity index is 1640. The molecule has 0 spiro atoms. The summed E-state index contributed by atoms with van der Waals surface area (Å²) in [6.45, 7) is 5.32. The summed E-state index contributed by atoms with van der Waals surface area (Å²) in [6.07, 6.45) is -1.24. The van der Waals surface area contributed by atoms with Gasteiger partial charge < -0.3 is 35.1 Å². The van der Waals surface area contributed by atoms with Gasteiger partial charge in [0.05, 0.1) is 28.5 Å². The number of methoxy groups -OCH3 is 1. The van der Waals surface area contributed by atoms with E-state index in [2.05, 4.69) is 0 Å². The van der Waals surface area contributed by atoms with E-state index in [1.807, 2.05) is 6.92 Å². The molecule has 3 heterocycles. The minimum atomic E-state index is -2.40. The van der Waals surface area contributed by atoms with E-state index < -0.39 is 64.8 Å². The van der Waals surface area contributed by atoms with Crippen molar-refractivity contribution >= 4 is 28.9 Å². The quantitative estimate of drug-likeness (QED) is 0.471. The van der Waals surface area contributed by atoms with E-state index in [1.54, 1.807) is 49.1 Å². The summed E-state index contributed by atoms with van der Waals surface area (Å²) in [5, 5.41) is 22.7. The molecule has 1 saturated heterocycles. The number of carbonyl (C=O) groups excluding carboxylic acids is 4. The largest absolute Gasteiger partial charge is 0.457 e. The number of aliphatic hydroxyl groups excluding tert-OH is 1. The number of rotatable bonds is 5. The first-order chi connectivity index (χ1) is 20.0. The Kier molecular flexibility index (Phi) is 6.46. The van der Waals surface area contributed by atoms with Gasteiger partial charge in [-0.2, -0.15) is 0 Å². The molecule has 6 rings (SSSR count). The van der Waals surface area contributed by atoms with Crippen LogP contribution in [0, 0.1) is 0 Å². The van der Waals surface area contributed by atoms with Gasteiger partial charge in [0.25, 0.3) is 5.91 Å². The summed E-state index contributed by atoms with van der Waals surface area (Å²) in [5.41, 5.74) is 5.04. The molecule has 1 amide bonds. The fraction of sp³-hybridized carbons (Fsp3) is 0.355. The van der Waals surface area contributed by atoms with Crippen LogP contribution in [0.15, 0.2) is 81.4 Å². The molecule has 3 aliphatic heterocycles. The Morgan fingerprint density at radius 1 is 1.14 bits per heavy atom. The number of ketones is 3. The summed E-state index contributed by atoms with van der Waals surface area (Å²) in [4.78, 5) is 56.0. The van der Waals surface area contributed by atoms with Gasteiger partial charge in [-0.1, -0.05) is 25.5 Å². The van der Waals surface area contributed by atoms with Crippen molar-refractivity contribution in [2.24, 2.45) is 5.73 Å². The lowest BCUT2D eigenvalue weighted by Gasteiger charge is -2.45.